The topological polar surface area (TPSA) is 54.7 Å². The van der Waals surface area contributed by atoms with Crippen LogP contribution in [0.15, 0.2) is 54.0 Å². The normalized spacial score (nSPS) is 11.1. The van der Waals surface area contributed by atoms with Gasteiger partial charge >= 0.3 is 0 Å². The summed E-state index contributed by atoms with van der Waals surface area (Å²) in [6.07, 6.45) is 1.94. The van der Waals surface area contributed by atoms with Gasteiger partial charge in [0.15, 0.2) is 5.13 Å². The predicted molar refractivity (Wildman–Crippen MR) is 89.2 cm³/mol. The number of aromatic nitrogens is 2. The molecule has 4 rings (SSSR count). The Hall–Kier alpha value is -2.66. The van der Waals surface area contributed by atoms with Gasteiger partial charge in [-0.05, 0) is 17.7 Å². The van der Waals surface area contributed by atoms with Crippen LogP contribution in [0.4, 0.5) is 9.52 Å². The van der Waals surface area contributed by atoms with E-state index in [4.69, 9.17) is 5.73 Å². The number of aromatic amines is 1. The van der Waals surface area contributed by atoms with Crippen LogP contribution in [-0.2, 0) is 0 Å². The lowest BCUT2D eigenvalue weighted by Gasteiger charge is -2.04. The Morgan fingerprint density at radius 3 is 2.59 bits per heavy atom. The van der Waals surface area contributed by atoms with Crippen molar-refractivity contribution in [2.45, 2.75) is 0 Å². The molecule has 0 aliphatic rings. The van der Waals surface area contributed by atoms with Crippen molar-refractivity contribution in [1.82, 2.24) is 9.97 Å². The van der Waals surface area contributed by atoms with E-state index in [2.05, 4.69) is 9.97 Å². The second-order valence-electron chi connectivity index (χ2n) is 5.01. The van der Waals surface area contributed by atoms with Crippen LogP contribution in [0.3, 0.4) is 0 Å². The van der Waals surface area contributed by atoms with E-state index in [0.29, 0.717) is 5.13 Å². The van der Waals surface area contributed by atoms with Crippen LogP contribution >= 0.6 is 11.3 Å². The van der Waals surface area contributed by atoms with E-state index < -0.39 is 0 Å². The number of benzene rings is 2. The largest absolute Gasteiger partial charge is 0.375 e. The van der Waals surface area contributed by atoms with Crippen LogP contribution in [0.5, 0.6) is 0 Å². The summed E-state index contributed by atoms with van der Waals surface area (Å²) in [5, 5.41) is 3.58. The minimum Gasteiger partial charge on any atom is -0.375 e. The smallest absolute Gasteiger partial charge is 0.180 e. The van der Waals surface area contributed by atoms with Gasteiger partial charge in [-0.1, -0.05) is 30.3 Å². The van der Waals surface area contributed by atoms with Gasteiger partial charge in [-0.3, -0.25) is 0 Å². The molecule has 0 aliphatic carbocycles. The number of halogens is 1. The van der Waals surface area contributed by atoms with E-state index >= 15 is 0 Å². The molecule has 3 N–H and O–H groups in total. The molecular weight excluding hydrogens is 297 g/mol. The van der Waals surface area contributed by atoms with Gasteiger partial charge < -0.3 is 10.7 Å². The fourth-order valence-corrected chi connectivity index (χ4v) is 3.21. The van der Waals surface area contributed by atoms with Crippen LogP contribution < -0.4 is 5.73 Å². The third kappa shape index (κ3) is 2.07. The van der Waals surface area contributed by atoms with Crippen molar-refractivity contribution >= 4 is 27.4 Å². The predicted octanol–water partition coefficient (Wildman–Crippen LogP) is 4.68. The lowest BCUT2D eigenvalue weighted by atomic mass is 10.0. The molecule has 22 heavy (non-hydrogen) atoms. The van der Waals surface area contributed by atoms with Crippen LogP contribution in [-0.4, -0.2) is 9.97 Å². The number of H-pyrrole nitrogens is 1. The van der Waals surface area contributed by atoms with E-state index in [0.717, 1.165) is 33.3 Å². The number of nitrogen functional groups attached to an aromatic ring is 1. The zero-order chi connectivity index (χ0) is 15.1. The molecular formula is C17H12FN3S. The molecule has 2 aromatic heterocycles. The quantitative estimate of drug-likeness (QED) is 0.565. The molecule has 0 atom stereocenters. The van der Waals surface area contributed by atoms with E-state index in [9.17, 15) is 4.39 Å². The summed E-state index contributed by atoms with van der Waals surface area (Å²) in [5.74, 6) is -0.235. The molecule has 0 bridgehead atoms. The number of rotatable bonds is 2. The Morgan fingerprint density at radius 2 is 1.86 bits per heavy atom. The molecule has 0 radical (unpaired) electrons. The Kier molecular flexibility index (Phi) is 2.94. The average molecular weight is 309 g/mol. The molecule has 108 valence electrons. The first-order valence-corrected chi connectivity index (χ1v) is 7.68. The van der Waals surface area contributed by atoms with Crippen LogP contribution in [0, 0.1) is 5.82 Å². The summed E-state index contributed by atoms with van der Waals surface area (Å²) in [5.41, 5.74) is 10.6. The molecule has 5 heteroatoms. The zero-order valence-electron chi connectivity index (χ0n) is 11.5. The number of nitrogens with zero attached hydrogens (tertiary/aromatic N) is 1. The highest BCUT2D eigenvalue weighted by atomic mass is 32.1. The summed E-state index contributed by atoms with van der Waals surface area (Å²) < 4.78 is 13.1. The van der Waals surface area contributed by atoms with Gasteiger partial charge in [0.2, 0.25) is 0 Å². The highest BCUT2D eigenvalue weighted by Crippen LogP contribution is 2.35. The SMILES string of the molecule is Nc1nc(-c2c[nH]c3c(-c4ccc(F)cc4)cccc23)cs1. The van der Waals surface area contributed by atoms with E-state index in [1.165, 1.54) is 23.5 Å². The minimum absolute atomic E-state index is 0.235. The molecule has 2 aromatic carbocycles. The summed E-state index contributed by atoms with van der Waals surface area (Å²) in [7, 11) is 0. The molecule has 3 nitrogen and oxygen atoms in total. The minimum atomic E-state index is -0.235. The summed E-state index contributed by atoms with van der Waals surface area (Å²) in [4.78, 5) is 7.65. The number of thiazole rings is 1. The number of nitrogens with one attached hydrogen (secondary N) is 1. The molecule has 2 heterocycles. The third-order valence-electron chi connectivity index (χ3n) is 3.67. The van der Waals surface area contributed by atoms with Crippen molar-refractivity contribution in [3.63, 3.8) is 0 Å². The molecule has 0 unspecified atom stereocenters. The van der Waals surface area contributed by atoms with E-state index in [1.54, 1.807) is 12.1 Å². The fraction of sp³-hybridized carbons (Fsp3) is 0. The highest BCUT2D eigenvalue weighted by molar-refractivity contribution is 7.13. The number of anilines is 1. The third-order valence-corrected chi connectivity index (χ3v) is 4.34. The Labute approximate surface area is 130 Å². The standard InChI is InChI=1S/C17H12FN3S/c18-11-6-4-10(5-7-11)12-2-1-3-13-14(8-20-16(12)13)15-9-22-17(19)21-15/h1-9,20H,(H2,19,21). The van der Waals surface area contributed by atoms with E-state index in [1.807, 2.05) is 29.8 Å². The molecule has 0 spiro atoms. The summed E-state index contributed by atoms with van der Waals surface area (Å²) in [6.45, 7) is 0. The number of nitrogens with two attached hydrogens (primary N) is 1. The number of fused-ring (bicyclic) bond motifs is 1. The second-order valence-corrected chi connectivity index (χ2v) is 5.90. The van der Waals surface area contributed by atoms with Crippen molar-refractivity contribution in [1.29, 1.82) is 0 Å². The first-order chi connectivity index (χ1) is 10.7. The Morgan fingerprint density at radius 1 is 1.05 bits per heavy atom. The Bertz CT molecular complexity index is 954. The number of hydrogen-bond acceptors (Lipinski definition) is 3. The molecule has 0 amide bonds. The maximum Gasteiger partial charge on any atom is 0.180 e. The summed E-state index contributed by atoms with van der Waals surface area (Å²) >= 11 is 1.42. The van der Waals surface area contributed by atoms with Crippen LogP contribution in [0.2, 0.25) is 0 Å². The van der Waals surface area contributed by atoms with Gasteiger partial charge in [0.05, 0.1) is 11.2 Å². The van der Waals surface area contributed by atoms with Gasteiger partial charge in [-0.15, -0.1) is 11.3 Å². The van der Waals surface area contributed by atoms with Crippen molar-refractivity contribution in [3.05, 3.63) is 59.9 Å². The monoisotopic (exact) mass is 309 g/mol. The average Bonchev–Trinajstić information content (AvgIpc) is 3.13. The van der Waals surface area contributed by atoms with Crippen molar-refractivity contribution in [3.8, 4) is 22.4 Å². The first kappa shape index (κ1) is 13.0. The zero-order valence-corrected chi connectivity index (χ0v) is 12.3. The molecule has 4 aromatic rings. The summed E-state index contributed by atoms with van der Waals surface area (Å²) in [6, 6.07) is 12.6. The lowest BCUT2D eigenvalue weighted by molar-refractivity contribution is 0.628. The van der Waals surface area contributed by atoms with Gasteiger partial charge in [-0.2, -0.15) is 0 Å². The maximum atomic E-state index is 13.1. The molecule has 0 fully saturated rings. The molecule has 0 saturated heterocycles. The Balaban J connectivity index is 1.92. The van der Waals surface area contributed by atoms with Crippen LogP contribution in [0.25, 0.3) is 33.3 Å². The van der Waals surface area contributed by atoms with Gasteiger partial charge in [0, 0.05) is 28.1 Å². The highest BCUT2D eigenvalue weighted by Gasteiger charge is 2.12. The van der Waals surface area contributed by atoms with Crippen molar-refractivity contribution in [2.75, 3.05) is 5.73 Å². The number of hydrogen-bond donors (Lipinski definition) is 2. The van der Waals surface area contributed by atoms with E-state index in [-0.39, 0.29) is 5.82 Å². The van der Waals surface area contributed by atoms with Gasteiger partial charge in [-0.25, -0.2) is 9.37 Å². The maximum absolute atomic E-state index is 13.1. The van der Waals surface area contributed by atoms with Gasteiger partial charge in [0.1, 0.15) is 5.82 Å². The van der Waals surface area contributed by atoms with Crippen LogP contribution in [0.1, 0.15) is 0 Å². The van der Waals surface area contributed by atoms with Crippen molar-refractivity contribution < 1.29 is 4.39 Å². The molecule has 0 aliphatic heterocycles. The second kappa shape index (κ2) is 4.96. The number of para-hydroxylation sites is 1. The first-order valence-electron chi connectivity index (χ1n) is 6.80. The van der Waals surface area contributed by atoms with Gasteiger partial charge in [0.25, 0.3) is 0 Å². The fourth-order valence-electron chi connectivity index (χ4n) is 2.65. The lowest BCUT2D eigenvalue weighted by Crippen LogP contribution is -1.83. The molecule has 0 saturated carbocycles. The van der Waals surface area contributed by atoms with Crippen molar-refractivity contribution in [2.24, 2.45) is 0 Å².